The molecule has 1 fully saturated rings. The third-order valence-electron chi connectivity index (χ3n) is 4.17. The van der Waals surface area contributed by atoms with Crippen LogP contribution in [0.2, 0.25) is 0 Å². The van der Waals surface area contributed by atoms with E-state index in [1.54, 1.807) is 16.8 Å². The van der Waals surface area contributed by atoms with Crippen molar-refractivity contribution in [2.45, 2.75) is 38.6 Å². The Morgan fingerprint density at radius 3 is 3.08 bits per heavy atom. The van der Waals surface area contributed by atoms with Gasteiger partial charge < -0.3 is 15.3 Å². The number of aliphatic hydroxyl groups excluding tert-OH is 1. The van der Waals surface area contributed by atoms with E-state index in [-0.39, 0.29) is 31.0 Å². The quantitative estimate of drug-likeness (QED) is 0.887. The van der Waals surface area contributed by atoms with Crippen LogP contribution in [0.25, 0.3) is 0 Å². The average molecular weight is 333 g/mol. The summed E-state index contributed by atoms with van der Waals surface area (Å²) < 4.78 is 15.2. The van der Waals surface area contributed by atoms with Crippen LogP contribution in [0.4, 0.5) is 9.18 Å². The van der Waals surface area contributed by atoms with E-state index >= 15 is 0 Å². The first-order valence-electron chi connectivity index (χ1n) is 7.93. The summed E-state index contributed by atoms with van der Waals surface area (Å²) in [4.78, 5) is 18.1. The number of aromatic nitrogens is 3. The van der Waals surface area contributed by atoms with Gasteiger partial charge in [0.2, 0.25) is 0 Å². The monoisotopic (exact) mass is 333 g/mol. The van der Waals surface area contributed by atoms with Gasteiger partial charge in [0.25, 0.3) is 0 Å². The van der Waals surface area contributed by atoms with E-state index in [1.807, 2.05) is 6.92 Å². The van der Waals surface area contributed by atoms with Crippen LogP contribution in [-0.4, -0.2) is 43.5 Å². The predicted molar refractivity (Wildman–Crippen MR) is 84.4 cm³/mol. The summed E-state index contributed by atoms with van der Waals surface area (Å²) in [6.45, 7) is 3.07. The number of halogens is 1. The number of rotatable bonds is 4. The highest BCUT2D eigenvalue weighted by Crippen LogP contribution is 2.32. The molecule has 2 aromatic rings. The van der Waals surface area contributed by atoms with Crippen molar-refractivity contribution in [1.82, 2.24) is 25.0 Å². The first-order valence-corrected chi connectivity index (χ1v) is 7.93. The fourth-order valence-corrected chi connectivity index (χ4v) is 3.01. The molecule has 2 atom stereocenters. The summed E-state index contributed by atoms with van der Waals surface area (Å²) in [7, 11) is 0. The summed E-state index contributed by atoms with van der Waals surface area (Å²) in [5.74, 6) is 0.304. The molecule has 7 nitrogen and oxygen atoms in total. The second-order valence-corrected chi connectivity index (χ2v) is 5.76. The average Bonchev–Trinajstić information content (AvgIpc) is 3.18. The highest BCUT2D eigenvalue weighted by atomic mass is 19.1. The van der Waals surface area contributed by atoms with E-state index in [0.29, 0.717) is 24.4 Å². The van der Waals surface area contributed by atoms with Gasteiger partial charge in [0.05, 0.1) is 18.7 Å². The lowest BCUT2D eigenvalue weighted by Crippen LogP contribution is -2.40. The molecule has 0 aliphatic carbocycles. The molecule has 2 N–H and O–H groups in total. The molecule has 1 aromatic heterocycles. The Balaban J connectivity index is 1.70. The van der Waals surface area contributed by atoms with Crippen LogP contribution in [0.1, 0.15) is 30.8 Å². The number of carbonyl (C=O) groups excluding carboxylic acids is 1. The van der Waals surface area contributed by atoms with Crippen LogP contribution in [0, 0.1) is 5.82 Å². The summed E-state index contributed by atoms with van der Waals surface area (Å²) in [6.07, 6.45) is 1.21. The first kappa shape index (κ1) is 16.4. The van der Waals surface area contributed by atoms with Crippen molar-refractivity contribution in [1.29, 1.82) is 0 Å². The molecule has 0 bridgehead atoms. The molecule has 0 radical (unpaired) electrons. The zero-order valence-electron chi connectivity index (χ0n) is 13.4. The normalized spacial score (nSPS) is 20.4. The SMILES string of the molecule is CCn1ncnc1CNC(=O)N1C[C@@H](O)C[C@@H]1c1cccc(F)c1. The summed E-state index contributed by atoms with van der Waals surface area (Å²) >= 11 is 0. The number of amides is 2. The van der Waals surface area contributed by atoms with Gasteiger partial charge in [-0.15, -0.1) is 0 Å². The van der Waals surface area contributed by atoms with Gasteiger partial charge in [0.15, 0.2) is 0 Å². The number of likely N-dealkylation sites (tertiary alicyclic amines) is 1. The molecule has 2 heterocycles. The number of carbonyl (C=O) groups is 1. The van der Waals surface area contributed by atoms with Crippen LogP contribution < -0.4 is 5.32 Å². The standard InChI is InChI=1S/C16H20FN5O2/c1-2-22-15(19-10-20-22)8-18-16(24)21-9-13(23)7-14(21)11-4-3-5-12(17)6-11/h3-6,10,13-14,23H,2,7-9H2,1H3,(H,18,24)/t13-,14+/m0/s1. The molecule has 1 aliphatic heterocycles. The Bertz CT molecular complexity index is 720. The van der Waals surface area contributed by atoms with E-state index in [4.69, 9.17) is 0 Å². The summed E-state index contributed by atoms with van der Waals surface area (Å²) in [5.41, 5.74) is 0.679. The number of benzene rings is 1. The second kappa shape index (κ2) is 6.96. The van der Waals surface area contributed by atoms with Gasteiger partial charge in [-0.05, 0) is 31.0 Å². The van der Waals surface area contributed by atoms with E-state index < -0.39 is 6.10 Å². The molecule has 0 saturated carbocycles. The van der Waals surface area contributed by atoms with Gasteiger partial charge >= 0.3 is 6.03 Å². The highest BCUT2D eigenvalue weighted by Gasteiger charge is 2.35. The number of β-amino-alcohol motifs (C(OH)–C–C–N with tert-alkyl or cyclic N) is 1. The molecule has 2 amide bonds. The largest absolute Gasteiger partial charge is 0.391 e. The number of hydrogen-bond donors (Lipinski definition) is 2. The van der Waals surface area contributed by atoms with Crippen molar-refractivity contribution in [3.63, 3.8) is 0 Å². The lowest BCUT2D eigenvalue weighted by atomic mass is 10.0. The number of aliphatic hydroxyl groups is 1. The van der Waals surface area contributed by atoms with Crippen molar-refractivity contribution in [3.8, 4) is 0 Å². The first-order chi connectivity index (χ1) is 11.6. The van der Waals surface area contributed by atoms with Gasteiger partial charge in [-0.25, -0.2) is 18.9 Å². The molecular weight excluding hydrogens is 313 g/mol. The zero-order valence-corrected chi connectivity index (χ0v) is 13.4. The molecule has 0 spiro atoms. The molecular formula is C16H20FN5O2. The van der Waals surface area contributed by atoms with Gasteiger partial charge in [-0.1, -0.05) is 12.1 Å². The van der Waals surface area contributed by atoms with Gasteiger partial charge in [-0.3, -0.25) is 0 Å². The smallest absolute Gasteiger partial charge is 0.318 e. The number of nitrogens with zero attached hydrogens (tertiary/aromatic N) is 4. The Morgan fingerprint density at radius 1 is 1.50 bits per heavy atom. The lowest BCUT2D eigenvalue weighted by Gasteiger charge is -2.25. The summed E-state index contributed by atoms with van der Waals surface area (Å²) in [6, 6.07) is 5.47. The number of nitrogens with one attached hydrogen (secondary N) is 1. The fraction of sp³-hybridized carbons (Fsp3) is 0.438. The van der Waals surface area contributed by atoms with Crippen LogP contribution >= 0.6 is 0 Å². The zero-order chi connectivity index (χ0) is 17.1. The van der Waals surface area contributed by atoms with Crippen molar-refractivity contribution in [2.24, 2.45) is 0 Å². The number of aryl methyl sites for hydroxylation is 1. The van der Waals surface area contributed by atoms with Crippen LogP contribution in [-0.2, 0) is 13.1 Å². The maximum atomic E-state index is 13.5. The second-order valence-electron chi connectivity index (χ2n) is 5.76. The Labute approximate surface area is 139 Å². The molecule has 3 rings (SSSR count). The van der Waals surface area contributed by atoms with E-state index in [9.17, 15) is 14.3 Å². The Hall–Kier alpha value is -2.48. The minimum absolute atomic E-state index is 0.216. The van der Waals surface area contributed by atoms with Crippen molar-refractivity contribution >= 4 is 6.03 Å². The van der Waals surface area contributed by atoms with E-state index in [0.717, 1.165) is 0 Å². The number of urea groups is 1. The van der Waals surface area contributed by atoms with Gasteiger partial charge in [-0.2, -0.15) is 5.10 Å². The Morgan fingerprint density at radius 2 is 2.33 bits per heavy atom. The third-order valence-corrected chi connectivity index (χ3v) is 4.17. The molecule has 128 valence electrons. The van der Waals surface area contributed by atoms with Crippen molar-refractivity contribution in [2.75, 3.05) is 6.54 Å². The van der Waals surface area contributed by atoms with Crippen LogP contribution in [0.15, 0.2) is 30.6 Å². The topological polar surface area (TPSA) is 83.3 Å². The Kier molecular flexibility index (Phi) is 4.75. The lowest BCUT2D eigenvalue weighted by molar-refractivity contribution is 0.169. The molecule has 24 heavy (non-hydrogen) atoms. The maximum absolute atomic E-state index is 13.5. The third kappa shape index (κ3) is 3.38. The van der Waals surface area contributed by atoms with Crippen LogP contribution in [0.3, 0.4) is 0 Å². The van der Waals surface area contributed by atoms with Crippen molar-refractivity contribution in [3.05, 3.63) is 47.8 Å². The molecule has 0 unspecified atom stereocenters. The van der Waals surface area contributed by atoms with Crippen LogP contribution in [0.5, 0.6) is 0 Å². The van der Waals surface area contributed by atoms with E-state index in [2.05, 4.69) is 15.4 Å². The molecule has 1 aliphatic rings. The minimum Gasteiger partial charge on any atom is -0.391 e. The molecule has 8 heteroatoms. The molecule has 1 saturated heterocycles. The summed E-state index contributed by atoms with van der Waals surface area (Å²) in [5, 5.41) is 16.8. The highest BCUT2D eigenvalue weighted by molar-refractivity contribution is 5.75. The fourth-order valence-electron chi connectivity index (χ4n) is 3.01. The molecule has 1 aromatic carbocycles. The van der Waals surface area contributed by atoms with Crippen molar-refractivity contribution < 1.29 is 14.3 Å². The van der Waals surface area contributed by atoms with E-state index in [1.165, 1.54) is 23.4 Å². The minimum atomic E-state index is -0.622. The van der Waals surface area contributed by atoms with Gasteiger partial charge in [0.1, 0.15) is 18.0 Å². The predicted octanol–water partition coefficient (Wildman–Crippen LogP) is 1.45. The maximum Gasteiger partial charge on any atom is 0.318 e. The van der Waals surface area contributed by atoms with Gasteiger partial charge in [0, 0.05) is 13.1 Å². The number of hydrogen-bond acceptors (Lipinski definition) is 4.